The first-order chi connectivity index (χ1) is 14.2. The van der Waals surface area contributed by atoms with Crippen LogP contribution in [0.15, 0.2) is 51.7 Å². The van der Waals surface area contributed by atoms with Gasteiger partial charge in [-0.25, -0.2) is 17.6 Å². The Labute approximate surface area is 178 Å². The maximum atomic E-state index is 15.1. The van der Waals surface area contributed by atoms with Crippen molar-refractivity contribution in [3.63, 3.8) is 0 Å². The largest absolute Gasteiger partial charge is 0.487 e. The Hall–Kier alpha value is -2.65. The van der Waals surface area contributed by atoms with Gasteiger partial charge in [0.25, 0.3) is 5.56 Å². The first-order valence-corrected chi connectivity index (χ1v) is 9.58. The third kappa shape index (κ3) is 4.57. The molecule has 0 saturated heterocycles. The molecule has 0 atom stereocenters. The molecular formula is C21H17BrF4N2O2. The molecule has 158 valence electrons. The standard InChI is InChI=1S/C21H17BrF4N2O2/c1-27(2)10-14-4-3-5-18(29)28(14)21-16(25)9-17(19(22)20(21)26)30-11-12-6-7-13(23)8-15(12)24/h3-9H,10-11H2,1-2H3. The number of rotatable bonds is 6. The lowest BCUT2D eigenvalue weighted by molar-refractivity contribution is 0.293. The minimum Gasteiger partial charge on any atom is -0.487 e. The zero-order chi connectivity index (χ0) is 22.0. The minimum atomic E-state index is -1.04. The molecule has 0 radical (unpaired) electrons. The summed E-state index contributed by atoms with van der Waals surface area (Å²) in [5.41, 5.74) is -0.745. The van der Waals surface area contributed by atoms with E-state index in [2.05, 4.69) is 15.9 Å². The molecule has 4 nitrogen and oxygen atoms in total. The van der Waals surface area contributed by atoms with Gasteiger partial charge in [-0.3, -0.25) is 9.36 Å². The molecule has 1 aromatic heterocycles. The van der Waals surface area contributed by atoms with Crippen molar-refractivity contribution in [2.45, 2.75) is 13.2 Å². The average molecular weight is 485 g/mol. The van der Waals surface area contributed by atoms with E-state index in [0.29, 0.717) is 11.8 Å². The van der Waals surface area contributed by atoms with Crippen molar-refractivity contribution in [3.05, 3.63) is 91.8 Å². The SMILES string of the molecule is CN(C)Cc1cccc(=O)n1-c1c(F)cc(OCc2ccc(F)cc2F)c(Br)c1F. The molecule has 0 aliphatic heterocycles. The average Bonchev–Trinajstić information content (AvgIpc) is 2.66. The quantitative estimate of drug-likeness (QED) is 0.372. The molecule has 0 unspecified atom stereocenters. The van der Waals surface area contributed by atoms with Crippen molar-refractivity contribution in [1.29, 1.82) is 0 Å². The number of nitrogens with zero attached hydrogens (tertiary/aromatic N) is 2. The summed E-state index contributed by atoms with van der Waals surface area (Å²) < 4.78 is 62.8. The summed E-state index contributed by atoms with van der Waals surface area (Å²) in [4.78, 5) is 14.1. The highest BCUT2D eigenvalue weighted by atomic mass is 79.9. The van der Waals surface area contributed by atoms with E-state index in [1.165, 1.54) is 18.2 Å². The van der Waals surface area contributed by atoms with Gasteiger partial charge in [-0.1, -0.05) is 6.07 Å². The van der Waals surface area contributed by atoms with Crippen molar-refractivity contribution in [1.82, 2.24) is 9.47 Å². The number of halogens is 5. The van der Waals surface area contributed by atoms with Crippen molar-refractivity contribution in [3.8, 4) is 11.4 Å². The molecule has 0 spiro atoms. The van der Waals surface area contributed by atoms with Crippen LogP contribution in [0.3, 0.4) is 0 Å². The van der Waals surface area contributed by atoms with Crippen LogP contribution in [0.4, 0.5) is 17.6 Å². The van der Waals surface area contributed by atoms with Crippen molar-refractivity contribution in [2.75, 3.05) is 14.1 Å². The predicted octanol–water partition coefficient (Wildman–Crippen LogP) is 4.80. The number of benzene rings is 2. The molecule has 3 rings (SSSR count). The van der Waals surface area contributed by atoms with E-state index < -0.39 is 34.5 Å². The van der Waals surface area contributed by atoms with Gasteiger partial charge in [-0.2, -0.15) is 0 Å². The third-order valence-corrected chi connectivity index (χ3v) is 4.98. The number of ether oxygens (including phenoxy) is 1. The first kappa shape index (κ1) is 22.0. The molecule has 0 amide bonds. The van der Waals surface area contributed by atoms with Gasteiger partial charge in [0, 0.05) is 36.0 Å². The fourth-order valence-electron chi connectivity index (χ4n) is 2.90. The normalized spacial score (nSPS) is 11.2. The first-order valence-electron chi connectivity index (χ1n) is 8.79. The van der Waals surface area contributed by atoms with Crippen LogP contribution in [-0.2, 0) is 13.2 Å². The van der Waals surface area contributed by atoms with E-state index in [1.807, 2.05) is 0 Å². The fourth-order valence-corrected chi connectivity index (χ4v) is 3.32. The van der Waals surface area contributed by atoms with Gasteiger partial charge in [-0.15, -0.1) is 0 Å². The highest BCUT2D eigenvalue weighted by molar-refractivity contribution is 9.10. The molecule has 0 aliphatic rings. The van der Waals surface area contributed by atoms with E-state index in [0.717, 1.165) is 16.7 Å². The van der Waals surface area contributed by atoms with Crippen LogP contribution in [-0.4, -0.2) is 23.6 Å². The Kier molecular flexibility index (Phi) is 6.62. The smallest absolute Gasteiger partial charge is 0.255 e. The van der Waals surface area contributed by atoms with Crippen molar-refractivity contribution in [2.24, 2.45) is 0 Å². The second-order valence-electron chi connectivity index (χ2n) is 6.79. The summed E-state index contributed by atoms with van der Waals surface area (Å²) in [6.45, 7) is -0.102. The van der Waals surface area contributed by atoms with Gasteiger partial charge in [0.1, 0.15) is 29.7 Å². The minimum absolute atomic E-state index is 0.0146. The molecule has 0 bridgehead atoms. The molecule has 0 N–H and O–H groups in total. The molecule has 0 saturated carbocycles. The highest BCUT2D eigenvalue weighted by Gasteiger charge is 2.22. The monoisotopic (exact) mass is 484 g/mol. The maximum Gasteiger partial charge on any atom is 0.255 e. The van der Waals surface area contributed by atoms with Crippen LogP contribution in [0.1, 0.15) is 11.3 Å². The molecular weight excluding hydrogens is 468 g/mol. The van der Waals surface area contributed by atoms with Crippen molar-refractivity contribution < 1.29 is 22.3 Å². The second-order valence-corrected chi connectivity index (χ2v) is 7.58. The topological polar surface area (TPSA) is 34.5 Å². The summed E-state index contributed by atoms with van der Waals surface area (Å²) >= 11 is 3.02. The van der Waals surface area contributed by atoms with Gasteiger partial charge in [0.2, 0.25) is 0 Å². The van der Waals surface area contributed by atoms with E-state index in [-0.39, 0.29) is 28.9 Å². The number of hydrogen-bond acceptors (Lipinski definition) is 3. The lowest BCUT2D eigenvalue weighted by Crippen LogP contribution is -2.26. The van der Waals surface area contributed by atoms with Crippen LogP contribution in [0.25, 0.3) is 5.69 Å². The number of hydrogen-bond donors (Lipinski definition) is 0. The Morgan fingerprint density at radius 1 is 1.03 bits per heavy atom. The van der Waals surface area contributed by atoms with Gasteiger partial charge < -0.3 is 9.64 Å². The van der Waals surface area contributed by atoms with E-state index in [1.54, 1.807) is 25.1 Å². The van der Waals surface area contributed by atoms with Crippen LogP contribution >= 0.6 is 15.9 Å². The molecule has 0 aliphatic carbocycles. The van der Waals surface area contributed by atoms with E-state index in [4.69, 9.17) is 4.74 Å². The highest BCUT2D eigenvalue weighted by Crippen LogP contribution is 2.34. The summed E-state index contributed by atoms with van der Waals surface area (Å²) in [6, 6.07) is 8.13. The summed E-state index contributed by atoms with van der Waals surface area (Å²) in [7, 11) is 3.52. The van der Waals surface area contributed by atoms with E-state index in [9.17, 15) is 18.0 Å². The zero-order valence-corrected chi connectivity index (χ0v) is 17.6. The van der Waals surface area contributed by atoms with Gasteiger partial charge >= 0.3 is 0 Å². The van der Waals surface area contributed by atoms with Gasteiger partial charge in [0.05, 0.1) is 4.47 Å². The molecule has 0 fully saturated rings. The Bertz CT molecular complexity index is 1150. The second kappa shape index (κ2) is 9.01. The molecule has 3 aromatic rings. The van der Waals surface area contributed by atoms with Crippen LogP contribution < -0.4 is 10.3 Å². The number of pyridine rings is 1. The molecule has 1 heterocycles. The van der Waals surface area contributed by atoms with Crippen LogP contribution in [0, 0.1) is 23.3 Å². The third-order valence-electron chi connectivity index (χ3n) is 4.24. The van der Waals surface area contributed by atoms with Gasteiger partial charge in [-0.05, 0) is 48.2 Å². The zero-order valence-electron chi connectivity index (χ0n) is 16.1. The maximum absolute atomic E-state index is 15.1. The van der Waals surface area contributed by atoms with Crippen LogP contribution in [0.5, 0.6) is 5.75 Å². The molecule has 2 aromatic carbocycles. The Morgan fingerprint density at radius 2 is 1.77 bits per heavy atom. The van der Waals surface area contributed by atoms with E-state index >= 15 is 4.39 Å². The van der Waals surface area contributed by atoms with Crippen molar-refractivity contribution >= 4 is 15.9 Å². The summed E-state index contributed by atoms with van der Waals surface area (Å²) in [5, 5.41) is 0. The summed E-state index contributed by atoms with van der Waals surface area (Å²) in [5.74, 6) is -3.89. The fraction of sp³-hybridized carbons (Fsp3) is 0.190. The Balaban J connectivity index is 2.01. The van der Waals surface area contributed by atoms with Gasteiger partial charge in [0.15, 0.2) is 11.6 Å². The molecule has 30 heavy (non-hydrogen) atoms. The molecule has 9 heteroatoms. The number of aromatic nitrogens is 1. The predicted molar refractivity (Wildman–Crippen MR) is 108 cm³/mol. The lowest BCUT2D eigenvalue weighted by Gasteiger charge is -2.19. The van der Waals surface area contributed by atoms with Crippen LogP contribution in [0.2, 0.25) is 0 Å². The lowest BCUT2D eigenvalue weighted by atomic mass is 10.2. The Morgan fingerprint density at radius 3 is 2.43 bits per heavy atom. The summed E-state index contributed by atoms with van der Waals surface area (Å²) in [6.07, 6.45) is 0.